The Balaban J connectivity index is 2.60. The summed E-state index contributed by atoms with van der Waals surface area (Å²) < 4.78 is 29.3. The molecule has 1 heterocycles. The normalized spacial score (nSPS) is 18.9. The highest BCUT2D eigenvalue weighted by molar-refractivity contribution is 5.33. The maximum atomic E-state index is 13.8. The number of halogens is 2. The smallest absolute Gasteiger partial charge is 0.276 e. The van der Waals surface area contributed by atoms with E-state index in [-0.39, 0.29) is 24.6 Å². The summed E-state index contributed by atoms with van der Waals surface area (Å²) in [6.45, 7) is 3.97. The molecule has 1 aromatic rings. The van der Waals surface area contributed by atoms with Gasteiger partial charge < -0.3 is 5.73 Å². The molecule has 0 saturated heterocycles. The highest BCUT2D eigenvalue weighted by Crippen LogP contribution is 2.42. The number of aromatic nitrogens is 2. The van der Waals surface area contributed by atoms with Crippen LogP contribution in [0.5, 0.6) is 0 Å². The van der Waals surface area contributed by atoms with Gasteiger partial charge in [0.15, 0.2) is 0 Å². The van der Waals surface area contributed by atoms with Crippen molar-refractivity contribution in [3.8, 4) is 0 Å². The first-order valence-corrected chi connectivity index (χ1v) is 5.66. The lowest BCUT2D eigenvalue weighted by Crippen LogP contribution is -2.23. The number of rotatable bonds is 2. The lowest BCUT2D eigenvalue weighted by atomic mass is 9.92. The van der Waals surface area contributed by atoms with Gasteiger partial charge in [0.1, 0.15) is 0 Å². The first-order valence-electron chi connectivity index (χ1n) is 5.66. The van der Waals surface area contributed by atoms with Crippen LogP contribution in [-0.4, -0.2) is 9.78 Å². The molecule has 16 heavy (non-hydrogen) atoms. The van der Waals surface area contributed by atoms with Crippen LogP contribution in [0.2, 0.25) is 0 Å². The van der Waals surface area contributed by atoms with Crippen molar-refractivity contribution in [2.75, 3.05) is 0 Å². The van der Waals surface area contributed by atoms with Crippen LogP contribution in [0.4, 0.5) is 8.78 Å². The van der Waals surface area contributed by atoms with Crippen LogP contribution in [0.1, 0.15) is 49.7 Å². The summed E-state index contributed by atoms with van der Waals surface area (Å²) in [4.78, 5) is 0. The minimum atomic E-state index is -2.75. The molecule has 1 aliphatic carbocycles. The standard InChI is InChI=1S/C11H17F2N3/c1-7(2)16-9-4-3-5-11(12,13)10(9)8(6-14)15-16/h7H,3-6,14H2,1-2H3. The van der Waals surface area contributed by atoms with E-state index in [1.165, 1.54) is 0 Å². The molecule has 0 bridgehead atoms. The van der Waals surface area contributed by atoms with E-state index in [1.807, 2.05) is 13.8 Å². The van der Waals surface area contributed by atoms with E-state index >= 15 is 0 Å². The van der Waals surface area contributed by atoms with Crippen molar-refractivity contribution in [3.63, 3.8) is 0 Å². The van der Waals surface area contributed by atoms with Crippen LogP contribution >= 0.6 is 0 Å². The zero-order valence-corrected chi connectivity index (χ0v) is 9.63. The van der Waals surface area contributed by atoms with Crippen LogP contribution in [0.25, 0.3) is 0 Å². The molecule has 2 N–H and O–H groups in total. The summed E-state index contributed by atoms with van der Waals surface area (Å²) >= 11 is 0. The Labute approximate surface area is 93.6 Å². The predicted octanol–water partition coefficient (Wildman–Crippen LogP) is 2.35. The zero-order valence-electron chi connectivity index (χ0n) is 9.63. The molecule has 3 nitrogen and oxygen atoms in total. The van der Waals surface area contributed by atoms with Gasteiger partial charge in [0.05, 0.1) is 11.3 Å². The monoisotopic (exact) mass is 229 g/mol. The summed E-state index contributed by atoms with van der Waals surface area (Å²) in [7, 11) is 0. The van der Waals surface area contributed by atoms with E-state index in [2.05, 4.69) is 5.10 Å². The van der Waals surface area contributed by atoms with Gasteiger partial charge in [-0.25, -0.2) is 8.78 Å². The second-order valence-electron chi connectivity index (χ2n) is 4.57. The first-order chi connectivity index (χ1) is 7.47. The third kappa shape index (κ3) is 1.63. The summed E-state index contributed by atoms with van der Waals surface area (Å²) in [5.74, 6) is -2.75. The average molecular weight is 229 g/mol. The van der Waals surface area contributed by atoms with Crippen LogP contribution in [0.15, 0.2) is 0 Å². The van der Waals surface area contributed by atoms with Gasteiger partial charge in [0.25, 0.3) is 5.92 Å². The minimum Gasteiger partial charge on any atom is -0.325 e. The van der Waals surface area contributed by atoms with E-state index in [1.54, 1.807) is 4.68 Å². The van der Waals surface area contributed by atoms with E-state index in [9.17, 15) is 8.78 Å². The van der Waals surface area contributed by atoms with Crippen molar-refractivity contribution < 1.29 is 8.78 Å². The van der Waals surface area contributed by atoms with Crippen molar-refractivity contribution in [2.24, 2.45) is 5.73 Å². The summed E-state index contributed by atoms with van der Waals surface area (Å²) in [6.07, 6.45) is 1.11. The van der Waals surface area contributed by atoms with Gasteiger partial charge in [0.2, 0.25) is 0 Å². The molecule has 5 heteroatoms. The Kier molecular flexibility index (Phi) is 2.74. The van der Waals surface area contributed by atoms with Crippen molar-refractivity contribution in [3.05, 3.63) is 17.0 Å². The number of nitrogens with two attached hydrogens (primary N) is 1. The van der Waals surface area contributed by atoms with E-state index in [0.29, 0.717) is 24.2 Å². The number of alkyl halides is 2. The van der Waals surface area contributed by atoms with Crippen molar-refractivity contribution >= 4 is 0 Å². The third-order valence-corrected chi connectivity index (χ3v) is 3.03. The lowest BCUT2D eigenvalue weighted by Gasteiger charge is -2.24. The second-order valence-corrected chi connectivity index (χ2v) is 4.57. The fourth-order valence-electron chi connectivity index (χ4n) is 2.36. The zero-order chi connectivity index (χ0) is 11.9. The Hall–Kier alpha value is -0.970. The van der Waals surface area contributed by atoms with Crippen molar-refractivity contribution in [2.45, 2.75) is 51.6 Å². The molecule has 0 spiro atoms. The van der Waals surface area contributed by atoms with Gasteiger partial charge in [-0.1, -0.05) is 0 Å². The molecule has 0 aliphatic heterocycles. The lowest BCUT2D eigenvalue weighted by molar-refractivity contribution is -0.0229. The van der Waals surface area contributed by atoms with Gasteiger partial charge in [-0.2, -0.15) is 5.10 Å². The SMILES string of the molecule is CC(C)n1nc(CN)c2c1CCCC2(F)F. The number of hydrogen-bond donors (Lipinski definition) is 1. The topological polar surface area (TPSA) is 43.8 Å². The fourth-order valence-corrected chi connectivity index (χ4v) is 2.36. The molecule has 0 aromatic carbocycles. The second kappa shape index (κ2) is 3.80. The Morgan fingerprint density at radius 1 is 1.50 bits per heavy atom. The quantitative estimate of drug-likeness (QED) is 0.846. The van der Waals surface area contributed by atoms with Gasteiger partial charge >= 0.3 is 0 Å². The van der Waals surface area contributed by atoms with E-state index in [0.717, 1.165) is 0 Å². The molecule has 0 saturated carbocycles. The fraction of sp³-hybridized carbons (Fsp3) is 0.727. The average Bonchev–Trinajstić information content (AvgIpc) is 2.57. The molecular weight excluding hydrogens is 212 g/mol. The molecule has 1 aliphatic rings. The van der Waals surface area contributed by atoms with Crippen LogP contribution in [0, 0.1) is 0 Å². The van der Waals surface area contributed by atoms with Crippen molar-refractivity contribution in [1.29, 1.82) is 0 Å². The summed E-state index contributed by atoms with van der Waals surface area (Å²) in [5.41, 5.74) is 6.62. The summed E-state index contributed by atoms with van der Waals surface area (Å²) in [6, 6.07) is 0.1000. The highest BCUT2D eigenvalue weighted by Gasteiger charge is 2.41. The Morgan fingerprint density at radius 3 is 2.75 bits per heavy atom. The summed E-state index contributed by atoms with van der Waals surface area (Å²) in [5, 5.41) is 4.22. The Bertz CT molecular complexity index is 396. The first kappa shape index (κ1) is 11.5. The Morgan fingerprint density at radius 2 is 2.19 bits per heavy atom. The van der Waals surface area contributed by atoms with Gasteiger partial charge in [0, 0.05) is 24.7 Å². The molecule has 0 fully saturated rings. The number of nitrogens with zero attached hydrogens (tertiary/aromatic N) is 2. The maximum Gasteiger partial charge on any atom is 0.276 e. The largest absolute Gasteiger partial charge is 0.325 e. The predicted molar refractivity (Wildman–Crippen MR) is 57.3 cm³/mol. The van der Waals surface area contributed by atoms with Gasteiger partial charge in [-0.3, -0.25) is 4.68 Å². The van der Waals surface area contributed by atoms with E-state index in [4.69, 9.17) is 5.73 Å². The molecular formula is C11H17F2N3. The van der Waals surface area contributed by atoms with E-state index < -0.39 is 5.92 Å². The van der Waals surface area contributed by atoms with Crippen LogP contribution < -0.4 is 5.73 Å². The van der Waals surface area contributed by atoms with Crippen molar-refractivity contribution in [1.82, 2.24) is 9.78 Å². The van der Waals surface area contributed by atoms with Gasteiger partial charge in [-0.05, 0) is 26.7 Å². The molecule has 0 amide bonds. The van der Waals surface area contributed by atoms with Crippen LogP contribution in [-0.2, 0) is 18.9 Å². The maximum absolute atomic E-state index is 13.8. The molecule has 0 unspecified atom stereocenters. The third-order valence-electron chi connectivity index (χ3n) is 3.03. The minimum absolute atomic E-state index is 0.0810. The molecule has 1 aromatic heterocycles. The molecule has 0 atom stereocenters. The number of fused-ring (bicyclic) bond motifs is 1. The molecule has 90 valence electrons. The van der Waals surface area contributed by atoms with Crippen LogP contribution in [0.3, 0.4) is 0 Å². The highest BCUT2D eigenvalue weighted by atomic mass is 19.3. The van der Waals surface area contributed by atoms with Gasteiger partial charge in [-0.15, -0.1) is 0 Å². The number of hydrogen-bond acceptors (Lipinski definition) is 2. The molecule has 0 radical (unpaired) electrons. The molecule has 2 rings (SSSR count).